The van der Waals surface area contributed by atoms with Crippen LogP contribution in [-0.2, 0) is 4.74 Å². The summed E-state index contributed by atoms with van der Waals surface area (Å²) >= 11 is 3.54. The molecule has 2 N–H and O–H groups in total. The summed E-state index contributed by atoms with van der Waals surface area (Å²) in [5, 5.41) is 3.51. The molecule has 1 saturated heterocycles. The number of hydrogen-bond acceptors (Lipinski definition) is 3. The highest BCUT2D eigenvalue weighted by molar-refractivity contribution is 9.10. The van der Waals surface area contributed by atoms with Crippen molar-refractivity contribution in [2.75, 3.05) is 6.61 Å². The molecule has 0 amide bonds. The van der Waals surface area contributed by atoms with Crippen molar-refractivity contribution in [1.29, 1.82) is 0 Å². The normalized spacial score (nSPS) is 19.9. The van der Waals surface area contributed by atoms with E-state index in [1.54, 1.807) is 6.20 Å². The Bertz CT molecular complexity index is 1260. The van der Waals surface area contributed by atoms with Crippen LogP contribution in [0.4, 0.5) is 0 Å². The van der Waals surface area contributed by atoms with Gasteiger partial charge in [-0.3, -0.25) is 4.79 Å². The zero-order chi connectivity index (χ0) is 18.8. The van der Waals surface area contributed by atoms with Gasteiger partial charge in [-0.1, -0.05) is 22.0 Å². The second kappa shape index (κ2) is 5.91. The molecule has 6 heteroatoms. The monoisotopic (exact) mass is 425 g/mol. The lowest BCUT2D eigenvalue weighted by molar-refractivity contribution is -0.0601. The number of nitrogens with one attached hydrogen (secondary N) is 2. The van der Waals surface area contributed by atoms with Crippen molar-refractivity contribution in [2.24, 2.45) is 0 Å². The van der Waals surface area contributed by atoms with E-state index in [2.05, 4.69) is 39.7 Å². The number of benzene rings is 2. The Morgan fingerprint density at radius 3 is 2.89 bits per heavy atom. The SMILES string of the molecule is CC1(C)CC(c2nc3c4cc[nH]c(=O)c4c4cc(Br)ccc4c3[nH]2)CCO1. The van der Waals surface area contributed by atoms with Crippen LogP contribution in [0, 0.1) is 0 Å². The highest BCUT2D eigenvalue weighted by Crippen LogP contribution is 2.38. The largest absolute Gasteiger partial charge is 0.376 e. The number of aromatic amines is 2. The van der Waals surface area contributed by atoms with E-state index in [9.17, 15) is 4.79 Å². The van der Waals surface area contributed by atoms with Crippen molar-refractivity contribution in [1.82, 2.24) is 15.0 Å². The molecule has 1 aliphatic heterocycles. The molecule has 2 aromatic heterocycles. The van der Waals surface area contributed by atoms with Crippen LogP contribution in [0.3, 0.4) is 0 Å². The van der Waals surface area contributed by atoms with Crippen LogP contribution in [0.15, 0.2) is 39.7 Å². The summed E-state index contributed by atoms with van der Waals surface area (Å²) < 4.78 is 6.82. The van der Waals surface area contributed by atoms with Crippen molar-refractivity contribution >= 4 is 48.5 Å². The van der Waals surface area contributed by atoms with Gasteiger partial charge in [-0.2, -0.15) is 0 Å². The zero-order valence-corrected chi connectivity index (χ0v) is 16.8. The predicted octanol–water partition coefficient (Wildman–Crippen LogP) is 4.99. The van der Waals surface area contributed by atoms with E-state index in [1.807, 2.05) is 24.3 Å². The fraction of sp³-hybridized carbons (Fsp3) is 0.333. The van der Waals surface area contributed by atoms with Crippen LogP contribution in [-0.4, -0.2) is 27.2 Å². The first-order chi connectivity index (χ1) is 12.9. The number of halogens is 1. The summed E-state index contributed by atoms with van der Waals surface area (Å²) in [4.78, 5) is 24.0. The summed E-state index contributed by atoms with van der Waals surface area (Å²) in [7, 11) is 0. The number of rotatable bonds is 1. The third-order valence-corrected chi connectivity index (χ3v) is 6.04. The minimum atomic E-state index is -0.145. The smallest absolute Gasteiger partial charge is 0.256 e. The summed E-state index contributed by atoms with van der Waals surface area (Å²) in [6.07, 6.45) is 3.57. The molecule has 1 atom stereocenters. The molecule has 4 aromatic rings. The molecule has 0 spiro atoms. The Hall–Kier alpha value is -2.18. The third kappa shape index (κ3) is 2.70. The first-order valence-corrected chi connectivity index (χ1v) is 9.98. The van der Waals surface area contributed by atoms with Gasteiger partial charge in [-0.05, 0) is 50.3 Å². The van der Waals surface area contributed by atoms with Gasteiger partial charge in [0.1, 0.15) is 5.82 Å². The van der Waals surface area contributed by atoms with E-state index in [-0.39, 0.29) is 11.2 Å². The molecular formula is C21H20BrN3O2. The number of hydrogen-bond donors (Lipinski definition) is 2. The Balaban J connectivity index is 1.84. The van der Waals surface area contributed by atoms with Crippen LogP contribution in [0.25, 0.3) is 32.6 Å². The maximum Gasteiger partial charge on any atom is 0.256 e. The topological polar surface area (TPSA) is 70.8 Å². The molecule has 5 nitrogen and oxygen atoms in total. The molecule has 5 rings (SSSR count). The van der Waals surface area contributed by atoms with Crippen molar-refractivity contribution in [2.45, 2.75) is 38.2 Å². The average molecular weight is 426 g/mol. The van der Waals surface area contributed by atoms with Crippen molar-refractivity contribution < 1.29 is 4.74 Å². The summed E-state index contributed by atoms with van der Waals surface area (Å²) in [5.41, 5.74) is 1.63. The second-order valence-corrected chi connectivity index (χ2v) is 8.84. The van der Waals surface area contributed by atoms with Crippen LogP contribution in [0.2, 0.25) is 0 Å². The molecule has 1 fully saturated rings. The lowest BCUT2D eigenvalue weighted by Crippen LogP contribution is -2.33. The summed E-state index contributed by atoms with van der Waals surface area (Å²) in [6, 6.07) is 7.99. The quantitative estimate of drug-likeness (QED) is 0.421. The Morgan fingerprint density at radius 2 is 2.07 bits per heavy atom. The lowest BCUT2D eigenvalue weighted by atomic mass is 9.88. The number of imidazole rings is 1. The van der Waals surface area contributed by atoms with Crippen LogP contribution >= 0.6 is 15.9 Å². The van der Waals surface area contributed by atoms with Gasteiger partial charge in [0.15, 0.2) is 0 Å². The number of ether oxygens (including phenoxy) is 1. The maximum absolute atomic E-state index is 12.6. The Kier molecular flexibility index (Phi) is 3.71. The van der Waals surface area contributed by atoms with E-state index in [0.29, 0.717) is 11.3 Å². The van der Waals surface area contributed by atoms with E-state index >= 15 is 0 Å². The van der Waals surface area contributed by atoms with Crippen LogP contribution in [0.5, 0.6) is 0 Å². The van der Waals surface area contributed by atoms with Crippen molar-refractivity contribution in [3.05, 3.63) is 51.1 Å². The number of nitrogens with zero attached hydrogens (tertiary/aromatic N) is 1. The highest BCUT2D eigenvalue weighted by Gasteiger charge is 2.31. The number of aromatic nitrogens is 3. The van der Waals surface area contributed by atoms with Gasteiger partial charge < -0.3 is 14.7 Å². The zero-order valence-electron chi connectivity index (χ0n) is 15.2. The van der Waals surface area contributed by atoms with Gasteiger partial charge in [-0.15, -0.1) is 0 Å². The summed E-state index contributed by atoms with van der Waals surface area (Å²) in [6.45, 7) is 5.00. The molecule has 0 aliphatic carbocycles. The molecule has 3 heterocycles. The third-order valence-electron chi connectivity index (χ3n) is 5.54. The standard InChI is InChI=1S/C21H20BrN3O2/c1-21(2)10-11(6-8-27-21)19-24-17-13-4-3-12(22)9-15(13)16-14(18(17)25-19)5-7-23-20(16)26/h3-5,7,9,11H,6,8,10H2,1-2H3,(H,23,26)(H,24,25). The molecule has 0 bridgehead atoms. The number of fused-ring (bicyclic) bond motifs is 6. The molecule has 1 aliphatic rings. The molecule has 0 saturated carbocycles. The number of H-pyrrole nitrogens is 2. The van der Waals surface area contributed by atoms with Gasteiger partial charge in [0.05, 0.1) is 22.0 Å². The summed E-state index contributed by atoms with van der Waals surface area (Å²) in [5.74, 6) is 1.31. The minimum Gasteiger partial charge on any atom is -0.376 e. The molecule has 27 heavy (non-hydrogen) atoms. The van der Waals surface area contributed by atoms with Gasteiger partial charge in [-0.25, -0.2) is 4.98 Å². The molecule has 1 unspecified atom stereocenters. The van der Waals surface area contributed by atoms with E-state index in [1.165, 1.54) is 0 Å². The Labute approximate surface area is 164 Å². The van der Waals surface area contributed by atoms with E-state index in [0.717, 1.165) is 56.9 Å². The van der Waals surface area contributed by atoms with Crippen LogP contribution < -0.4 is 5.56 Å². The van der Waals surface area contributed by atoms with Gasteiger partial charge in [0.2, 0.25) is 0 Å². The first-order valence-electron chi connectivity index (χ1n) is 9.19. The number of pyridine rings is 1. The highest BCUT2D eigenvalue weighted by atomic mass is 79.9. The van der Waals surface area contributed by atoms with Crippen molar-refractivity contribution in [3.63, 3.8) is 0 Å². The van der Waals surface area contributed by atoms with Gasteiger partial charge >= 0.3 is 0 Å². The predicted molar refractivity (Wildman–Crippen MR) is 111 cm³/mol. The maximum atomic E-state index is 12.6. The average Bonchev–Trinajstić information content (AvgIpc) is 3.06. The van der Waals surface area contributed by atoms with E-state index in [4.69, 9.17) is 9.72 Å². The van der Waals surface area contributed by atoms with Crippen LogP contribution in [0.1, 0.15) is 38.4 Å². The fourth-order valence-corrected chi connectivity index (χ4v) is 4.69. The Morgan fingerprint density at radius 1 is 1.22 bits per heavy atom. The fourth-order valence-electron chi connectivity index (χ4n) is 4.32. The first kappa shape index (κ1) is 17.0. The van der Waals surface area contributed by atoms with Gasteiger partial charge in [0.25, 0.3) is 5.56 Å². The molecular weight excluding hydrogens is 406 g/mol. The van der Waals surface area contributed by atoms with Crippen molar-refractivity contribution in [3.8, 4) is 0 Å². The lowest BCUT2D eigenvalue weighted by Gasteiger charge is -2.34. The van der Waals surface area contributed by atoms with E-state index < -0.39 is 0 Å². The molecule has 2 aromatic carbocycles. The molecule has 138 valence electrons. The minimum absolute atomic E-state index is 0.0887. The van der Waals surface area contributed by atoms with Gasteiger partial charge in [0, 0.05) is 34.0 Å². The molecule has 0 radical (unpaired) electrons. The second-order valence-electron chi connectivity index (χ2n) is 7.93.